The van der Waals surface area contributed by atoms with Crippen LogP contribution in [-0.2, 0) is 0 Å². The van der Waals surface area contributed by atoms with E-state index in [1.165, 1.54) is 51.4 Å². The van der Waals surface area contributed by atoms with Crippen molar-refractivity contribution >= 4 is 0 Å². The Morgan fingerprint density at radius 3 is 1.71 bits per heavy atom. The summed E-state index contributed by atoms with van der Waals surface area (Å²) < 4.78 is 0. The second kappa shape index (κ2) is 3.56. The molecule has 2 saturated carbocycles. The van der Waals surface area contributed by atoms with Crippen LogP contribution in [0.2, 0.25) is 0 Å². The quantitative estimate of drug-likeness (QED) is 0.499. The van der Waals surface area contributed by atoms with Gasteiger partial charge in [-0.2, -0.15) is 0 Å². The van der Waals surface area contributed by atoms with Crippen molar-refractivity contribution in [1.82, 2.24) is 0 Å². The van der Waals surface area contributed by atoms with Gasteiger partial charge in [-0.1, -0.05) is 36.1 Å². The van der Waals surface area contributed by atoms with Crippen LogP contribution < -0.4 is 0 Å². The first-order valence-corrected chi connectivity index (χ1v) is 6.34. The Labute approximate surface area is 87.1 Å². The molecule has 0 aromatic rings. The molecule has 0 amide bonds. The van der Waals surface area contributed by atoms with Gasteiger partial charge in [-0.25, -0.2) is 0 Å². The molecule has 0 spiro atoms. The molecule has 0 saturated heterocycles. The van der Waals surface area contributed by atoms with E-state index in [2.05, 4.69) is 12.2 Å². The highest BCUT2D eigenvalue weighted by atomic mass is 14.3. The second-order valence-electron chi connectivity index (χ2n) is 5.19. The zero-order valence-corrected chi connectivity index (χ0v) is 8.97. The summed E-state index contributed by atoms with van der Waals surface area (Å²) in [7, 11) is 0. The molecule has 0 aromatic heterocycles. The van der Waals surface area contributed by atoms with Gasteiger partial charge >= 0.3 is 0 Å². The molecule has 14 heavy (non-hydrogen) atoms. The zero-order valence-electron chi connectivity index (χ0n) is 8.97. The summed E-state index contributed by atoms with van der Waals surface area (Å²) in [5, 5.41) is 0. The first kappa shape index (κ1) is 8.76. The van der Waals surface area contributed by atoms with Crippen LogP contribution in [0.5, 0.6) is 0 Å². The summed E-state index contributed by atoms with van der Waals surface area (Å²) in [5.41, 5.74) is 3.57. The van der Waals surface area contributed by atoms with Gasteiger partial charge in [0.2, 0.25) is 0 Å². The Morgan fingerprint density at radius 2 is 1.21 bits per heavy atom. The summed E-state index contributed by atoms with van der Waals surface area (Å²) >= 11 is 0. The van der Waals surface area contributed by atoms with Crippen LogP contribution in [0, 0.1) is 11.8 Å². The van der Waals surface area contributed by atoms with Crippen LogP contribution in [0.4, 0.5) is 0 Å². The Hall–Kier alpha value is -0.520. The third kappa shape index (κ3) is 1.45. The molecule has 0 aromatic carbocycles. The molecule has 0 heteroatoms. The number of allylic oxidation sites excluding steroid dienone is 4. The van der Waals surface area contributed by atoms with Gasteiger partial charge in [0.25, 0.3) is 0 Å². The molecule has 0 N–H and O–H groups in total. The minimum atomic E-state index is 0.855. The lowest BCUT2D eigenvalue weighted by Crippen LogP contribution is -2.19. The smallest absolute Gasteiger partial charge is 0.00202 e. The monoisotopic (exact) mass is 188 g/mol. The fraction of sp³-hybridized carbons (Fsp3) is 0.714. The number of rotatable bonds is 0. The van der Waals surface area contributed by atoms with Crippen LogP contribution in [0.1, 0.15) is 51.4 Å². The van der Waals surface area contributed by atoms with E-state index in [9.17, 15) is 0 Å². The van der Waals surface area contributed by atoms with E-state index in [-0.39, 0.29) is 0 Å². The van der Waals surface area contributed by atoms with E-state index in [1.54, 1.807) is 11.1 Å². The minimum Gasteiger partial charge on any atom is -0.0775 e. The molecule has 3 aliphatic rings. The predicted molar refractivity (Wildman–Crippen MR) is 60.1 cm³/mol. The van der Waals surface area contributed by atoms with Crippen LogP contribution >= 0.6 is 0 Å². The lowest BCUT2D eigenvalue weighted by molar-refractivity contribution is 0.454. The molecule has 2 unspecified atom stereocenters. The maximum atomic E-state index is 2.64. The molecular formula is C14H20. The van der Waals surface area contributed by atoms with Gasteiger partial charge in [-0.3, -0.25) is 0 Å². The van der Waals surface area contributed by atoms with Crippen molar-refractivity contribution in [2.45, 2.75) is 51.4 Å². The lowest BCUT2D eigenvalue weighted by Gasteiger charge is -2.34. The van der Waals surface area contributed by atoms with Crippen LogP contribution in [0.25, 0.3) is 0 Å². The largest absolute Gasteiger partial charge is 0.0775 e. The van der Waals surface area contributed by atoms with Crippen LogP contribution in [-0.4, -0.2) is 0 Å². The highest BCUT2D eigenvalue weighted by Gasteiger charge is 2.26. The Bertz CT molecular complexity index is 252. The Morgan fingerprint density at radius 1 is 0.714 bits per heavy atom. The van der Waals surface area contributed by atoms with Gasteiger partial charge in [-0.15, -0.1) is 0 Å². The average molecular weight is 188 g/mol. The van der Waals surface area contributed by atoms with E-state index in [1.807, 2.05) is 0 Å². The molecule has 3 rings (SSSR count). The zero-order chi connectivity index (χ0) is 9.38. The third-order valence-corrected chi connectivity index (χ3v) is 4.24. The SMILES string of the molecule is C1=C2CCCCC2C=C2CCCCC12. The molecule has 0 aliphatic heterocycles. The van der Waals surface area contributed by atoms with Crippen molar-refractivity contribution in [3.05, 3.63) is 23.3 Å². The predicted octanol–water partition coefficient (Wildman–Crippen LogP) is 4.23. The van der Waals surface area contributed by atoms with Gasteiger partial charge in [0.15, 0.2) is 0 Å². The van der Waals surface area contributed by atoms with Crippen molar-refractivity contribution in [2.75, 3.05) is 0 Å². The number of fused-ring (bicyclic) bond motifs is 2. The maximum absolute atomic E-state index is 2.64. The summed E-state index contributed by atoms with van der Waals surface area (Å²) in [5.74, 6) is 1.71. The van der Waals surface area contributed by atoms with Crippen molar-refractivity contribution in [3.8, 4) is 0 Å². The van der Waals surface area contributed by atoms with E-state index in [0.29, 0.717) is 0 Å². The van der Waals surface area contributed by atoms with Crippen molar-refractivity contribution < 1.29 is 0 Å². The van der Waals surface area contributed by atoms with Crippen LogP contribution in [0.3, 0.4) is 0 Å². The van der Waals surface area contributed by atoms with Gasteiger partial charge in [0.05, 0.1) is 0 Å². The second-order valence-corrected chi connectivity index (χ2v) is 5.19. The van der Waals surface area contributed by atoms with E-state index >= 15 is 0 Å². The van der Waals surface area contributed by atoms with E-state index in [0.717, 1.165) is 11.8 Å². The molecule has 0 nitrogen and oxygen atoms in total. The van der Waals surface area contributed by atoms with Crippen molar-refractivity contribution in [3.63, 3.8) is 0 Å². The van der Waals surface area contributed by atoms with Crippen molar-refractivity contribution in [1.29, 1.82) is 0 Å². The normalized spacial score (nSPS) is 36.6. The Kier molecular flexibility index (Phi) is 2.23. The van der Waals surface area contributed by atoms with Gasteiger partial charge in [0.1, 0.15) is 0 Å². The third-order valence-electron chi connectivity index (χ3n) is 4.24. The highest BCUT2D eigenvalue weighted by Crippen LogP contribution is 2.42. The molecule has 0 radical (unpaired) electrons. The summed E-state index contributed by atoms with van der Waals surface area (Å²) in [6.45, 7) is 0. The first-order valence-electron chi connectivity index (χ1n) is 6.34. The van der Waals surface area contributed by atoms with Gasteiger partial charge < -0.3 is 0 Å². The molecule has 2 fully saturated rings. The number of hydrogen-bond donors (Lipinski definition) is 0. The summed E-state index contributed by atoms with van der Waals surface area (Å²) in [6.07, 6.45) is 16.7. The summed E-state index contributed by atoms with van der Waals surface area (Å²) in [4.78, 5) is 0. The standard InChI is InChI=1S/C14H20/c1-2-6-12-10-14-8-4-3-7-13(14)9-11(12)5-1/h9-11,14H,1-8H2. The highest BCUT2D eigenvalue weighted by molar-refractivity contribution is 5.30. The van der Waals surface area contributed by atoms with E-state index in [4.69, 9.17) is 0 Å². The fourth-order valence-corrected chi connectivity index (χ4v) is 3.44. The molecule has 0 bridgehead atoms. The van der Waals surface area contributed by atoms with Crippen molar-refractivity contribution in [2.24, 2.45) is 11.8 Å². The molecule has 3 aliphatic carbocycles. The summed E-state index contributed by atoms with van der Waals surface area (Å²) in [6, 6.07) is 0. The van der Waals surface area contributed by atoms with Crippen LogP contribution in [0.15, 0.2) is 23.3 Å². The molecule has 2 atom stereocenters. The maximum Gasteiger partial charge on any atom is -0.00202 e. The topological polar surface area (TPSA) is 0 Å². The van der Waals surface area contributed by atoms with Gasteiger partial charge in [0, 0.05) is 0 Å². The average Bonchev–Trinajstić information content (AvgIpc) is 2.26. The van der Waals surface area contributed by atoms with Gasteiger partial charge in [-0.05, 0) is 50.4 Å². The van der Waals surface area contributed by atoms with E-state index < -0.39 is 0 Å². The number of hydrogen-bond acceptors (Lipinski definition) is 0. The minimum absolute atomic E-state index is 0.855. The fourth-order valence-electron chi connectivity index (χ4n) is 3.44. The molecular weight excluding hydrogens is 168 g/mol. The Balaban J connectivity index is 1.86. The lowest BCUT2D eigenvalue weighted by atomic mass is 9.72. The molecule has 76 valence electrons. The molecule has 0 heterocycles. The first-order chi connectivity index (χ1) is 6.93.